The molecule has 2 saturated carbocycles. The van der Waals surface area contributed by atoms with Gasteiger partial charge in [-0.2, -0.15) is 0 Å². The van der Waals surface area contributed by atoms with Crippen LogP contribution in [0.15, 0.2) is 0 Å². The van der Waals surface area contributed by atoms with Crippen molar-refractivity contribution in [2.75, 3.05) is 20.1 Å². The molecule has 0 N–H and O–H groups in total. The number of carbonyl (C=O) groups is 1. The van der Waals surface area contributed by atoms with E-state index in [1.54, 1.807) is 0 Å². The molecule has 1 atom stereocenters. The number of nitrogens with zero attached hydrogens (tertiary/aromatic N) is 1. The topological polar surface area (TPSA) is 20.3 Å². The van der Waals surface area contributed by atoms with Crippen molar-refractivity contribution in [3.8, 4) is 0 Å². The van der Waals surface area contributed by atoms with Gasteiger partial charge in [-0.05, 0) is 38.6 Å². The second-order valence-corrected chi connectivity index (χ2v) is 5.43. The predicted octanol–water partition coefficient (Wildman–Crippen LogP) is 2.48. The van der Waals surface area contributed by atoms with Crippen LogP contribution in [0.25, 0.3) is 0 Å². The van der Waals surface area contributed by atoms with Crippen molar-refractivity contribution >= 4 is 5.78 Å². The number of rotatable bonds is 4. The highest BCUT2D eigenvalue weighted by molar-refractivity contribution is 5.83. The van der Waals surface area contributed by atoms with Crippen LogP contribution in [0.4, 0.5) is 0 Å². The van der Waals surface area contributed by atoms with E-state index in [-0.39, 0.29) is 0 Å². The number of hydrogen-bond donors (Lipinski definition) is 0. The van der Waals surface area contributed by atoms with Gasteiger partial charge >= 0.3 is 0 Å². The average Bonchev–Trinajstić information content (AvgIpc) is 2.79. The van der Waals surface area contributed by atoms with E-state index in [1.807, 2.05) is 0 Å². The Balaban J connectivity index is 1.71. The largest absolute Gasteiger partial charge is 0.305 e. The second-order valence-electron chi connectivity index (χ2n) is 5.43. The molecule has 2 fully saturated rings. The van der Waals surface area contributed by atoms with Crippen LogP contribution < -0.4 is 0 Å². The zero-order chi connectivity index (χ0) is 10.7. The smallest absolute Gasteiger partial charge is 0.137 e. The monoisotopic (exact) mass is 209 g/mol. The summed E-state index contributed by atoms with van der Waals surface area (Å²) >= 11 is 0. The first-order valence-electron chi connectivity index (χ1n) is 6.47. The highest BCUT2D eigenvalue weighted by Gasteiger charge is 2.26. The third-order valence-corrected chi connectivity index (χ3v) is 4.01. The quantitative estimate of drug-likeness (QED) is 0.709. The van der Waals surface area contributed by atoms with Gasteiger partial charge in [0.25, 0.3) is 0 Å². The van der Waals surface area contributed by atoms with E-state index in [0.717, 1.165) is 31.7 Å². The average molecular weight is 209 g/mol. The van der Waals surface area contributed by atoms with E-state index in [1.165, 1.54) is 32.2 Å². The van der Waals surface area contributed by atoms with Gasteiger partial charge in [0.1, 0.15) is 5.78 Å². The van der Waals surface area contributed by atoms with Gasteiger partial charge in [0.05, 0.1) is 0 Å². The Bertz CT molecular complexity index is 221. The van der Waals surface area contributed by atoms with Crippen molar-refractivity contribution in [3.63, 3.8) is 0 Å². The standard InChI is InChI=1S/C13H23NO/c1-14(9-11-5-2-3-6-11)10-12-7-4-8-13(12)15/h11-12H,2-10H2,1H3. The Morgan fingerprint density at radius 2 is 1.87 bits per heavy atom. The molecule has 0 spiro atoms. The van der Waals surface area contributed by atoms with Crippen LogP contribution in [-0.4, -0.2) is 30.8 Å². The lowest BCUT2D eigenvalue weighted by Crippen LogP contribution is -2.31. The Morgan fingerprint density at radius 3 is 2.47 bits per heavy atom. The summed E-state index contributed by atoms with van der Waals surface area (Å²) in [6, 6.07) is 0. The lowest BCUT2D eigenvalue weighted by Gasteiger charge is -2.23. The fourth-order valence-electron chi connectivity index (χ4n) is 3.17. The zero-order valence-corrected chi connectivity index (χ0v) is 9.87. The van der Waals surface area contributed by atoms with Gasteiger partial charge in [0, 0.05) is 25.4 Å². The highest BCUT2D eigenvalue weighted by atomic mass is 16.1. The van der Waals surface area contributed by atoms with Gasteiger partial charge in [-0.3, -0.25) is 4.79 Å². The summed E-state index contributed by atoms with van der Waals surface area (Å²) in [7, 11) is 2.18. The summed E-state index contributed by atoms with van der Waals surface area (Å²) in [5.74, 6) is 1.77. The maximum Gasteiger partial charge on any atom is 0.137 e. The summed E-state index contributed by atoms with van der Waals surface area (Å²) in [4.78, 5) is 13.9. The van der Waals surface area contributed by atoms with Crippen LogP contribution >= 0.6 is 0 Å². The van der Waals surface area contributed by atoms with Crippen LogP contribution in [0, 0.1) is 11.8 Å². The van der Waals surface area contributed by atoms with Gasteiger partial charge in [-0.25, -0.2) is 0 Å². The minimum absolute atomic E-state index is 0.358. The third kappa shape index (κ3) is 3.04. The number of ketones is 1. The molecule has 0 aliphatic heterocycles. The van der Waals surface area contributed by atoms with E-state index < -0.39 is 0 Å². The van der Waals surface area contributed by atoms with Crippen LogP contribution in [0.3, 0.4) is 0 Å². The fraction of sp³-hybridized carbons (Fsp3) is 0.923. The van der Waals surface area contributed by atoms with E-state index >= 15 is 0 Å². The molecule has 0 amide bonds. The van der Waals surface area contributed by atoms with E-state index in [0.29, 0.717) is 11.7 Å². The first kappa shape index (κ1) is 11.1. The molecule has 0 aromatic rings. The van der Waals surface area contributed by atoms with Gasteiger partial charge in [0.15, 0.2) is 0 Å². The summed E-state index contributed by atoms with van der Waals surface area (Å²) < 4.78 is 0. The normalized spacial score (nSPS) is 28.1. The van der Waals surface area contributed by atoms with Crippen LogP contribution in [0.2, 0.25) is 0 Å². The summed E-state index contributed by atoms with van der Waals surface area (Å²) in [6.45, 7) is 2.22. The Hall–Kier alpha value is -0.370. The van der Waals surface area contributed by atoms with Gasteiger partial charge in [0.2, 0.25) is 0 Å². The van der Waals surface area contributed by atoms with Crippen molar-refractivity contribution < 1.29 is 4.79 Å². The first-order chi connectivity index (χ1) is 7.25. The Kier molecular flexibility index (Phi) is 3.79. The van der Waals surface area contributed by atoms with E-state index in [4.69, 9.17) is 0 Å². The molecule has 0 aromatic heterocycles. The molecule has 0 aromatic carbocycles. The van der Waals surface area contributed by atoms with Crippen LogP contribution in [0.1, 0.15) is 44.9 Å². The molecule has 0 bridgehead atoms. The van der Waals surface area contributed by atoms with Crippen molar-refractivity contribution in [2.24, 2.45) is 11.8 Å². The maximum atomic E-state index is 11.5. The molecule has 2 heteroatoms. The Labute approximate surface area is 93.0 Å². The fourth-order valence-corrected chi connectivity index (χ4v) is 3.17. The number of Topliss-reactive ketones (excluding diaryl/α,β-unsaturated/α-hetero) is 1. The molecule has 2 nitrogen and oxygen atoms in total. The molecule has 0 heterocycles. The molecule has 1 unspecified atom stereocenters. The molecule has 15 heavy (non-hydrogen) atoms. The minimum Gasteiger partial charge on any atom is -0.305 e. The lowest BCUT2D eigenvalue weighted by molar-refractivity contribution is -0.121. The SMILES string of the molecule is CN(CC1CCCC1)CC1CCCC1=O. The lowest BCUT2D eigenvalue weighted by atomic mass is 10.0. The minimum atomic E-state index is 0.358. The molecular formula is C13H23NO. The summed E-state index contributed by atoms with van der Waals surface area (Å²) in [5, 5.41) is 0. The molecule has 2 aliphatic rings. The predicted molar refractivity (Wildman–Crippen MR) is 61.8 cm³/mol. The van der Waals surface area contributed by atoms with Crippen molar-refractivity contribution in [3.05, 3.63) is 0 Å². The summed E-state index contributed by atoms with van der Waals surface area (Å²) in [5.41, 5.74) is 0. The van der Waals surface area contributed by atoms with Crippen molar-refractivity contribution in [2.45, 2.75) is 44.9 Å². The molecular weight excluding hydrogens is 186 g/mol. The van der Waals surface area contributed by atoms with E-state index in [9.17, 15) is 4.79 Å². The van der Waals surface area contributed by atoms with Crippen LogP contribution in [0.5, 0.6) is 0 Å². The molecule has 0 radical (unpaired) electrons. The second kappa shape index (κ2) is 5.11. The number of hydrogen-bond acceptors (Lipinski definition) is 2. The summed E-state index contributed by atoms with van der Waals surface area (Å²) in [6.07, 6.45) is 8.74. The maximum absolute atomic E-state index is 11.5. The molecule has 2 aliphatic carbocycles. The van der Waals surface area contributed by atoms with Gasteiger partial charge in [-0.15, -0.1) is 0 Å². The van der Waals surface area contributed by atoms with E-state index in [2.05, 4.69) is 11.9 Å². The zero-order valence-electron chi connectivity index (χ0n) is 9.87. The van der Waals surface area contributed by atoms with Crippen LogP contribution in [-0.2, 0) is 4.79 Å². The Morgan fingerprint density at radius 1 is 1.13 bits per heavy atom. The van der Waals surface area contributed by atoms with Gasteiger partial charge in [-0.1, -0.05) is 12.8 Å². The first-order valence-corrected chi connectivity index (χ1v) is 6.47. The third-order valence-electron chi connectivity index (χ3n) is 4.01. The molecule has 2 rings (SSSR count). The van der Waals surface area contributed by atoms with Gasteiger partial charge < -0.3 is 4.90 Å². The van der Waals surface area contributed by atoms with Crippen molar-refractivity contribution in [1.82, 2.24) is 4.90 Å². The number of carbonyl (C=O) groups excluding carboxylic acids is 1. The highest BCUT2D eigenvalue weighted by Crippen LogP contribution is 2.26. The molecule has 0 saturated heterocycles. The molecule has 86 valence electrons. The van der Waals surface area contributed by atoms with Crippen molar-refractivity contribution in [1.29, 1.82) is 0 Å².